The molecule has 1 atom stereocenters. The smallest absolute Gasteiger partial charge is 0.327 e. The van der Waals surface area contributed by atoms with E-state index in [1.165, 1.54) is 12.1 Å². The van der Waals surface area contributed by atoms with E-state index in [4.69, 9.17) is 0 Å². The van der Waals surface area contributed by atoms with Crippen molar-refractivity contribution in [2.24, 2.45) is 0 Å². The molecular formula is C22H16N2O3. The molecule has 4 aromatic rings. The number of hydrogen-bond acceptors (Lipinski definition) is 3. The van der Waals surface area contributed by atoms with Crippen LogP contribution >= 0.6 is 0 Å². The fourth-order valence-electron chi connectivity index (χ4n) is 3.45. The number of phenols is 1. The average molecular weight is 356 g/mol. The Bertz CT molecular complexity index is 1200. The highest BCUT2D eigenvalue weighted by Gasteiger charge is 2.24. The zero-order valence-corrected chi connectivity index (χ0v) is 14.3. The molecule has 27 heavy (non-hydrogen) atoms. The summed E-state index contributed by atoms with van der Waals surface area (Å²) in [5.41, 5.74) is 1.11. The second-order valence-electron chi connectivity index (χ2n) is 6.51. The van der Waals surface area contributed by atoms with Gasteiger partial charge in [-0.05, 0) is 40.6 Å². The van der Waals surface area contributed by atoms with Gasteiger partial charge in [0.25, 0.3) is 0 Å². The number of hydrogen-bond donors (Lipinski definition) is 2. The molecule has 5 heteroatoms. The maximum absolute atomic E-state index is 12.0. The Balaban J connectivity index is 1.86. The molecule has 1 aromatic heterocycles. The number of aromatic hydroxyl groups is 1. The third-order valence-corrected chi connectivity index (χ3v) is 4.80. The molecule has 0 unspecified atom stereocenters. The minimum atomic E-state index is -1.01. The predicted octanol–water partition coefficient (Wildman–Crippen LogP) is 4.24. The van der Waals surface area contributed by atoms with E-state index in [1.807, 2.05) is 36.4 Å². The number of carboxylic acids is 1. The molecule has 5 nitrogen and oxygen atoms in total. The third kappa shape index (κ3) is 2.98. The van der Waals surface area contributed by atoms with Crippen molar-refractivity contribution in [1.29, 1.82) is 5.26 Å². The molecular weight excluding hydrogens is 340 g/mol. The quantitative estimate of drug-likeness (QED) is 0.573. The molecule has 0 saturated carbocycles. The van der Waals surface area contributed by atoms with Crippen molar-refractivity contribution in [3.63, 3.8) is 0 Å². The van der Waals surface area contributed by atoms with E-state index in [1.54, 1.807) is 22.9 Å². The first-order valence-corrected chi connectivity index (χ1v) is 8.51. The second kappa shape index (κ2) is 6.50. The fourth-order valence-corrected chi connectivity index (χ4v) is 3.45. The lowest BCUT2D eigenvalue weighted by Crippen LogP contribution is -2.22. The van der Waals surface area contributed by atoms with Gasteiger partial charge in [0.2, 0.25) is 0 Å². The van der Waals surface area contributed by atoms with E-state index >= 15 is 0 Å². The standard InChI is InChI=1S/C22H16N2O3/c23-12-21-19-11-16-4-2-1-3-15(16)10-17(19)13-24(21)20(22(26)27)9-14-5-7-18(25)8-6-14/h1-8,10-11,13,20,25H,9H2,(H,26,27)/t20-/m0/s1. The number of carbonyl (C=O) groups is 1. The van der Waals surface area contributed by atoms with E-state index in [-0.39, 0.29) is 12.2 Å². The van der Waals surface area contributed by atoms with Crippen LogP contribution in [0.4, 0.5) is 0 Å². The Labute approximate surface area is 155 Å². The largest absolute Gasteiger partial charge is 0.508 e. The molecule has 0 aliphatic carbocycles. The number of fused-ring (bicyclic) bond motifs is 2. The summed E-state index contributed by atoms with van der Waals surface area (Å²) in [5.74, 6) is -0.883. The first-order valence-electron chi connectivity index (χ1n) is 8.51. The Morgan fingerprint density at radius 2 is 1.70 bits per heavy atom. The molecule has 0 spiro atoms. The average Bonchev–Trinajstić information content (AvgIpc) is 3.02. The summed E-state index contributed by atoms with van der Waals surface area (Å²) in [6, 6.07) is 19.4. The minimum absolute atomic E-state index is 0.127. The molecule has 0 aliphatic heterocycles. The number of benzene rings is 3. The molecule has 0 radical (unpaired) electrons. The van der Waals surface area contributed by atoms with Gasteiger partial charge >= 0.3 is 5.97 Å². The van der Waals surface area contributed by atoms with Crippen LogP contribution in [0.2, 0.25) is 0 Å². The van der Waals surface area contributed by atoms with Gasteiger partial charge in [-0.1, -0.05) is 36.4 Å². The highest BCUT2D eigenvalue weighted by molar-refractivity contribution is 6.00. The highest BCUT2D eigenvalue weighted by Crippen LogP contribution is 2.30. The van der Waals surface area contributed by atoms with Gasteiger partial charge in [-0.2, -0.15) is 5.26 Å². The number of phenolic OH excluding ortho intramolecular Hbond substituents is 1. The molecule has 132 valence electrons. The Hall–Kier alpha value is -3.78. The topological polar surface area (TPSA) is 86.3 Å². The number of nitriles is 1. The Morgan fingerprint density at radius 1 is 1.04 bits per heavy atom. The van der Waals surface area contributed by atoms with Crippen LogP contribution in [0.5, 0.6) is 5.75 Å². The van der Waals surface area contributed by atoms with Crippen LogP contribution in [0.15, 0.2) is 66.9 Å². The summed E-state index contributed by atoms with van der Waals surface area (Å²) in [4.78, 5) is 12.0. The van der Waals surface area contributed by atoms with Crippen molar-refractivity contribution in [3.8, 4) is 11.8 Å². The Kier molecular flexibility index (Phi) is 4.02. The van der Waals surface area contributed by atoms with E-state index < -0.39 is 12.0 Å². The first kappa shape index (κ1) is 16.7. The molecule has 3 aromatic carbocycles. The van der Waals surface area contributed by atoms with Crippen LogP contribution in [-0.4, -0.2) is 20.7 Å². The first-order chi connectivity index (χ1) is 13.1. The number of aromatic nitrogens is 1. The summed E-state index contributed by atoms with van der Waals surface area (Å²) in [6.45, 7) is 0. The molecule has 0 aliphatic rings. The van der Waals surface area contributed by atoms with E-state index in [0.717, 1.165) is 27.1 Å². The lowest BCUT2D eigenvalue weighted by molar-refractivity contribution is -0.140. The van der Waals surface area contributed by atoms with Gasteiger partial charge in [-0.25, -0.2) is 4.79 Å². The van der Waals surface area contributed by atoms with Gasteiger partial charge in [0.1, 0.15) is 23.6 Å². The number of carboxylic acid groups (broad SMARTS) is 1. The van der Waals surface area contributed by atoms with Gasteiger partial charge in [-0.3, -0.25) is 0 Å². The molecule has 0 fully saturated rings. The van der Waals surface area contributed by atoms with Crippen molar-refractivity contribution in [2.45, 2.75) is 12.5 Å². The molecule has 0 amide bonds. The minimum Gasteiger partial charge on any atom is -0.508 e. The van der Waals surface area contributed by atoms with Crippen LogP contribution in [-0.2, 0) is 11.2 Å². The molecule has 0 saturated heterocycles. The summed E-state index contributed by atoms with van der Waals surface area (Å²) in [7, 11) is 0. The van der Waals surface area contributed by atoms with Gasteiger partial charge in [0.05, 0.1) is 0 Å². The number of aliphatic carboxylic acids is 1. The molecule has 4 rings (SSSR count). The highest BCUT2D eigenvalue weighted by atomic mass is 16.4. The van der Waals surface area contributed by atoms with Crippen molar-refractivity contribution in [3.05, 3.63) is 78.1 Å². The summed E-state index contributed by atoms with van der Waals surface area (Å²) < 4.78 is 1.54. The van der Waals surface area contributed by atoms with E-state index in [0.29, 0.717) is 5.69 Å². The molecule has 2 N–H and O–H groups in total. The van der Waals surface area contributed by atoms with Crippen molar-refractivity contribution < 1.29 is 15.0 Å². The zero-order valence-electron chi connectivity index (χ0n) is 14.3. The lowest BCUT2D eigenvalue weighted by Gasteiger charge is -2.15. The number of rotatable bonds is 4. The van der Waals surface area contributed by atoms with Crippen LogP contribution in [0.1, 0.15) is 17.3 Å². The summed E-state index contributed by atoms with van der Waals surface area (Å²) >= 11 is 0. The van der Waals surface area contributed by atoms with E-state index in [9.17, 15) is 20.3 Å². The fraction of sp³-hybridized carbons (Fsp3) is 0.0909. The predicted molar refractivity (Wildman–Crippen MR) is 103 cm³/mol. The lowest BCUT2D eigenvalue weighted by atomic mass is 10.0. The van der Waals surface area contributed by atoms with Crippen molar-refractivity contribution >= 4 is 27.5 Å². The van der Waals surface area contributed by atoms with Gasteiger partial charge in [0.15, 0.2) is 0 Å². The summed E-state index contributed by atoms with van der Waals surface area (Å²) in [5, 5.41) is 32.6. The normalized spacial score (nSPS) is 12.1. The van der Waals surface area contributed by atoms with Crippen molar-refractivity contribution in [2.75, 3.05) is 0 Å². The second-order valence-corrected chi connectivity index (χ2v) is 6.51. The van der Waals surface area contributed by atoms with Crippen molar-refractivity contribution in [1.82, 2.24) is 4.57 Å². The van der Waals surface area contributed by atoms with E-state index in [2.05, 4.69) is 6.07 Å². The SMILES string of the molecule is N#Cc1c2cc3ccccc3cc2cn1[C@@H](Cc1ccc(O)cc1)C(=O)O. The molecule has 1 heterocycles. The zero-order chi connectivity index (χ0) is 19.0. The maximum atomic E-state index is 12.0. The van der Waals surface area contributed by atoms with Gasteiger partial charge in [-0.15, -0.1) is 0 Å². The van der Waals surface area contributed by atoms with Gasteiger partial charge in [0, 0.05) is 23.4 Å². The van der Waals surface area contributed by atoms with Crippen LogP contribution in [0.3, 0.4) is 0 Å². The summed E-state index contributed by atoms with van der Waals surface area (Å²) in [6.07, 6.45) is 1.95. The van der Waals surface area contributed by atoms with Crippen LogP contribution < -0.4 is 0 Å². The third-order valence-electron chi connectivity index (χ3n) is 4.80. The number of nitrogens with zero attached hydrogens (tertiary/aromatic N) is 2. The Morgan fingerprint density at radius 3 is 2.33 bits per heavy atom. The monoisotopic (exact) mass is 356 g/mol. The van der Waals surface area contributed by atoms with Crippen LogP contribution in [0.25, 0.3) is 21.5 Å². The molecule has 0 bridgehead atoms. The maximum Gasteiger partial charge on any atom is 0.327 e. The van der Waals surface area contributed by atoms with Gasteiger partial charge < -0.3 is 14.8 Å². The van der Waals surface area contributed by atoms with Crippen LogP contribution in [0, 0.1) is 11.3 Å².